The number of nitrogens with zero attached hydrogens (tertiary/aromatic N) is 2. The van der Waals surface area contributed by atoms with Crippen LogP contribution in [0.25, 0.3) is 5.69 Å². The number of halogens is 1. The third kappa shape index (κ3) is 4.78. The lowest BCUT2D eigenvalue weighted by Gasteiger charge is -2.18. The molecule has 0 aliphatic heterocycles. The van der Waals surface area contributed by atoms with Crippen LogP contribution in [0.2, 0.25) is 0 Å². The quantitative estimate of drug-likeness (QED) is 0.662. The molecule has 0 spiro atoms. The number of benzene rings is 2. The third-order valence-electron chi connectivity index (χ3n) is 4.14. The normalized spacial score (nSPS) is 11.6. The minimum Gasteiger partial charge on any atom is -0.495 e. The SMILES string of the molecule is CCC(Oc1ccc(=O)n(-c2ccc(F)cc2)n1)C(=O)Nc1ccccc1OC. The van der Waals surface area contributed by atoms with Gasteiger partial charge in [0.05, 0.1) is 18.5 Å². The maximum atomic E-state index is 13.1. The Balaban J connectivity index is 1.80. The zero-order valence-corrected chi connectivity index (χ0v) is 16.0. The summed E-state index contributed by atoms with van der Waals surface area (Å²) in [6, 6.07) is 15.0. The molecule has 3 aromatic rings. The van der Waals surface area contributed by atoms with Crippen LogP contribution >= 0.6 is 0 Å². The summed E-state index contributed by atoms with van der Waals surface area (Å²) < 4.78 is 25.2. The van der Waals surface area contributed by atoms with Crippen LogP contribution in [-0.4, -0.2) is 28.9 Å². The Morgan fingerprint density at radius 2 is 1.86 bits per heavy atom. The van der Waals surface area contributed by atoms with E-state index in [2.05, 4.69) is 10.4 Å². The number of nitrogens with one attached hydrogen (secondary N) is 1. The Morgan fingerprint density at radius 1 is 1.14 bits per heavy atom. The van der Waals surface area contributed by atoms with E-state index in [1.807, 2.05) is 0 Å². The first kappa shape index (κ1) is 20.1. The summed E-state index contributed by atoms with van der Waals surface area (Å²) in [4.78, 5) is 24.8. The summed E-state index contributed by atoms with van der Waals surface area (Å²) in [6.45, 7) is 1.79. The van der Waals surface area contributed by atoms with Crippen LogP contribution in [0.5, 0.6) is 11.6 Å². The van der Waals surface area contributed by atoms with Gasteiger partial charge in [-0.05, 0) is 42.8 Å². The van der Waals surface area contributed by atoms with Gasteiger partial charge in [0.1, 0.15) is 11.6 Å². The van der Waals surface area contributed by atoms with Gasteiger partial charge >= 0.3 is 0 Å². The zero-order valence-electron chi connectivity index (χ0n) is 16.0. The molecular weight excluding hydrogens is 377 g/mol. The van der Waals surface area contributed by atoms with E-state index < -0.39 is 17.5 Å². The predicted molar refractivity (Wildman–Crippen MR) is 106 cm³/mol. The summed E-state index contributed by atoms with van der Waals surface area (Å²) in [7, 11) is 1.52. The van der Waals surface area contributed by atoms with Crippen molar-refractivity contribution in [2.24, 2.45) is 0 Å². The molecule has 8 heteroatoms. The molecule has 0 fully saturated rings. The molecule has 0 saturated carbocycles. The smallest absolute Gasteiger partial charge is 0.271 e. The summed E-state index contributed by atoms with van der Waals surface area (Å²) in [5, 5.41) is 6.91. The minimum atomic E-state index is -0.841. The van der Waals surface area contributed by atoms with Gasteiger partial charge in [0.25, 0.3) is 11.5 Å². The molecule has 3 rings (SSSR count). The lowest BCUT2D eigenvalue weighted by Crippen LogP contribution is -2.33. The second-order valence-corrected chi connectivity index (χ2v) is 6.10. The molecule has 150 valence electrons. The molecule has 0 bridgehead atoms. The number of carbonyl (C=O) groups excluding carboxylic acids is 1. The second-order valence-electron chi connectivity index (χ2n) is 6.10. The fourth-order valence-electron chi connectivity index (χ4n) is 2.65. The second kappa shape index (κ2) is 9.01. The molecule has 29 heavy (non-hydrogen) atoms. The van der Waals surface area contributed by atoms with E-state index in [-0.39, 0.29) is 11.8 Å². The van der Waals surface area contributed by atoms with Gasteiger partial charge in [-0.2, -0.15) is 4.68 Å². The Hall–Kier alpha value is -3.68. The molecule has 1 amide bonds. The van der Waals surface area contributed by atoms with Crippen LogP contribution in [0, 0.1) is 5.82 Å². The monoisotopic (exact) mass is 397 g/mol. The van der Waals surface area contributed by atoms with E-state index in [1.165, 1.54) is 43.5 Å². The molecule has 0 saturated heterocycles. The van der Waals surface area contributed by atoms with E-state index in [0.29, 0.717) is 23.5 Å². The standard InChI is InChI=1S/C21H20FN3O4/c1-3-17(21(27)23-16-6-4-5-7-18(16)28-2)29-19-12-13-20(26)25(24-19)15-10-8-14(22)9-11-15/h4-13,17H,3H2,1-2H3,(H,23,27). The van der Waals surface area contributed by atoms with Crippen molar-refractivity contribution in [2.75, 3.05) is 12.4 Å². The number of aromatic nitrogens is 2. The average molecular weight is 397 g/mol. The zero-order chi connectivity index (χ0) is 20.8. The number of amides is 1. The van der Waals surface area contributed by atoms with Crippen molar-refractivity contribution in [2.45, 2.75) is 19.4 Å². The number of hydrogen-bond acceptors (Lipinski definition) is 5. The number of carbonyl (C=O) groups is 1. The van der Waals surface area contributed by atoms with E-state index in [0.717, 1.165) is 4.68 Å². The highest BCUT2D eigenvalue weighted by molar-refractivity contribution is 5.95. The first-order chi connectivity index (χ1) is 14.0. The maximum absolute atomic E-state index is 13.1. The Morgan fingerprint density at radius 3 is 2.55 bits per heavy atom. The molecule has 1 heterocycles. The summed E-state index contributed by atoms with van der Waals surface area (Å²) in [6.07, 6.45) is -0.468. The summed E-state index contributed by atoms with van der Waals surface area (Å²) in [5.74, 6) is -0.179. The minimum absolute atomic E-state index is 0.0935. The average Bonchev–Trinajstić information content (AvgIpc) is 2.74. The lowest BCUT2D eigenvalue weighted by atomic mass is 10.2. The lowest BCUT2D eigenvalue weighted by molar-refractivity contribution is -0.123. The van der Waals surface area contributed by atoms with Crippen LogP contribution in [0.15, 0.2) is 65.5 Å². The molecule has 1 N–H and O–H groups in total. The van der Waals surface area contributed by atoms with E-state index in [1.54, 1.807) is 31.2 Å². The largest absolute Gasteiger partial charge is 0.495 e. The molecule has 0 aliphatic carbocycles. The molecular formula is C21H20FN3O4. The molecule has 0 radical (unpaired) electrons. The van der Waals surface area contributed by atoms with Crippen LogP contribution < -0.4 is 20.3 Å². The van der Waals surface area contributed by atoms with Crippen LogP contribution in [0.1, 0.15) is 13.3 Å². The highest BCUT2D eigenvalue weighted by Crippen LogP contribution is 2.23. The van der Waals surface area contributed by atoms with Gasteiger partial charge in [0.15, 0.2) is 6.10 Å². The summed E-state index contributed by atoms with van der Waals surface area (Å²) in [5.41, 5.74) is 0.496. The van der Waals surface area contributed by atoms with Gasteiger partial charge in [0, 0.05) is 12.1 Å². The first-order valence-electron chi connectivity index (χ1n) is 8.98. The molecule has 1 atom stereocenters. The van der Waals surface area contributed by atoms with Gasteiger partial charge in [-0.1, -0.05) is 19.1 Å². The van der Waals surface area contributed by atoms with Gasteiger partial charge in [-0.15, -0.1) is 5.10 Å². The molecule has 2 aromatic carbocycles. The topological polar surface area (TPSA) is 82.5 Å². The van der Waals surface area contributed by atoms with E-state index in [4.69, 9.17) is 9.47 Å². The van der Waals surface area contributed by atoms with Crippen molar-refractivity contribution in [3.63, 3.8) is 0 Å². The number of ether oxygens (including phenoxy) is 2. The predicted octanol–water partition coefficient (Wildman–Crippen LogP) is 3.18. The van der Waals surface area contributed by atoms with Crippen LogP contribution in [0.4, 0.5) is 10.1 Å². The highest BCUT2D eigenvalue weighted by atomic mass is 19.1. The molecule has 0 aliphatic rings. The van der Waals surface area contributed by atoms with E-state index >= 15 is 0 Å². The summed E-state index contributed by atoms with van der Waals surface area (Å²) >= 11 is 0. The van der Waals surface area contributed by atoms with Crippen molar-refractivity contribution in [1.82, 2.24) is 9.78 Å². The molecule has 1 unspecified atom stereocenters. The van der Waals surface area contributed by atoms with Crippen LogP contribution in [0.3, 0.4) is 0 Å². The number of hydrogen-bond donors (Lipinski definition) is 1. The van der Waals surface area contributed by atoms with Crippen molar-refractivity contribution >= 4 is 11.6 Å². The van der Waals surface area contributed by atoms with Crippen molar-refractivity contribution in [1.29, 1.82) is 0 Å². The number of anilines is 1. The fourth-order valence-corrected chi connectivity index (χ4v) is 2.65. The Labute approximate surface area is 166 Å². The van der Waals surface area contributed by atoms with Crippen LogP contribution in [-0.2, 0) is 4.79 Å². The number of methoxy groups -OCH3 is 1. The number of para-hydroxylation sites is 2. The van der Waals surface area contributed by atoms with Crippen molar-refractivity contribution in [3.05, 3.63) is 76.8 Å². The molecule has 1 aromatic heterocycles. The highest BCUT2D eigenvalue weighted by Gasteiger charge is 2.21. The van der Waals surface area contributed by atoms with Gasteiger partial charge in [-0.25, -0.2) is 4.39 Å². The van der Waals surface area contributed by atoms with Crippen molar-refractivity contribution < 1.29 is 18.7 Å². The Bertz CT molecular complexity index is 1050. The first-order valence-corrected chi connectivity index (χ1v) is 8.98. The van der Waals surface area contributed by atoms with E-state index in [9.17, 15) is 14.0 Å². The van der Waals surface area contributed by atoms with Gasteiger partial charge in [0.2, 0.25) is 5.88 Å². The van der Waals surface area contributed by atoms with Crippen molar-refractivity contribution in [3.8, 4) is 17.3 Å². The third-order valence-corrected chi connectivity index (χ3v) is 4.14. The van der Waals surface area contributed by atoms with Gasteiger partial charge in [-0.3, -0.25) is 9.59 Å². The van der Waals surface area contributed by atoms with Gasteiger partial charge < -0.3 is 14.8 Å². The Kier molecular flexibility index (Phi) is 6.23. The maximum Gasteiger partial charge on any atom is 0.271 e. The molecule has 7 nitrogen and oxygen atoms in total. The number of rotatable bonds is 7. The fraction of sp³-hybridized carbons (Fsp3) is 0.190.